The predicted octanol–water partition coefficient (Wildman–Crippen LogP) is 3.18. The Morgan fingerprint density at radius 1 is 1.26 bits per heavy atom. The normalized spacial score (nSPS) is 10.8. The molecule has 1 aromatic carbocycles. The van der Waals surface area contributed by atoms with Gasteiger partial charge in [-0.2, -0.15) is 0 Å². The molecule has 0 spiro atoms. The Hall–Kier alpha value is -1.66. The van der Waals surface area contributed by atoms with Gasteiger partial charge >= 0.3 is 0 Å². The zero-order valence-corrected chi connectivity index (χ0v) is 11.5. The first-order valence-corrected chi connectivity index (χ1v) is 6.68. The minimum atomic E-state index is -0.461. The number of hydrogen-bond acceptors (Lipinski definition) is 5. The summed E-state index contributed by atoms with van der Waals surface area (Å²) in [5.41, 5.74) is 3.55. The molecular formula is C13H15FN4S. The Morgan fingerprint density at radius 2 is 1.95 bits per heavy atom. The number of benzene rings is 1. The number of nitrogen functional groups attached to an aromatic ring is 1. The molecule has 4 nitrogen and oxygen atoms in total. The van der Waals surface area contributed by atoms with E-state index in [0.717, 1.165) is 11.1 Å². The molecule has 0 amide bonds. The van der Waals surface area contributed by atoms with Crippen LogP contribution in [-0.4, -0.2) is 9.97 Å². The fraction of sp³-hybridized carbons (Fsp3) is 0.231. The smallest absolute Gasteiger partial charge is 0.238 e. The third kappa shape index (κ3) is 3.42. The largest absolute Gasteiger partial charge is 0.292 e. The first-order chi connectivity index (χ1) is 9.10. The number of aromatic nitrogens is 2. The van der Waals surface area contributed by atoms with Gasteiger partial charge in [0.2, 0.25) is 5.95 Å². The molecule has 100 valence electrons. The number of nitrogens with two attached hydrogens (primary N) is 1. The first kappa shape index (κ1) is 13.8. The van der Waals surface area contributed by atoms with Crippen LogP contribution in [0.1, 0.15) is 25.3 Å². The summed E-state index contributed by atoms with van der Waals surface area (Å²) >= 11 is 1.24. The molecule has 2 rings (SSSR count). The average Bonchev–Trinajstić information content (AvgIpc) is 2.42. The van der Waals surface area contributed by atoms with E-state index in [0.29, 0.717) is 5.92 Å². The summed E-state index contributed by atoms with van der Waals surface area (Å²) in [6.45, 7) is 4.26. The third-order valence-electron chi connectivity index (χ3n) is 2.60. The van der Waals surface area contributed by atoms with E-state index < -0.39 is 5.82 Å². The van der Waals surface area contributed by atoms with Gasteiger partial charge in [0, 0.05) is 4.90 Å². The molecule has 2 aromatic rings. The SMILES string of the molecule is CC(C)c1ccc(Sc2nc(NN)ncc2F)cc1. The molecular weight excluding hydrogens is 263 g/mol. The standard InChI is InChI=1S/C13H15FN4S/c1-8(2)9-3-5-10(6-4-9)19-12-11(14)7-16-13(17-12)18-15/h3-8H,15H2,1-2H3,(H,16,17,18). The molecule has 0 radical (unpaired) electrons. The zero-order valence-electron chi connectivity index (χ0n) is 10.7. The molecule has 6 heteroatoms. The van der Waals surface area contributed by atoms with Gasteiger partial charge in [-0.05, 0) is 23.6 Å². The lowest BCUT2D eigenvalue weighted by Crippen LogP contribution is -2.11. The Bertz CT molecular complexity index is 557. The fourth-order valence-electron chi connectivity index (χ4n) is 1.53. The molecule has 1 heterocycles. The Kier molecular flexibility index (Phi) is 4.34. The minimum absolute atomic E-state index is 0.197. The topological polar surface area (TPSA) is 63.8 Å². The van der Waals surface area contributed by atoms with Crippen LogP contribution in [0.5, 0.6) is 0 Å². The van der Waals surface area contributed by atoms with Crippen molar-refractivity contribution in [2.24, 2.45) is 5.84 Å². The average molecular weight is 278 g/mol. The second-order valence-corrected chi connectivity index (χ2v) is 5.38. The van der Waals surface area contributed by atoms with Crippen LogP contribution in [-0.2, 0) is 0 Å². The van der Waals surface area contributed by atoms with Gasteiger partial charge in [-0.3, -0.25) is 5.43 Å². The van der Waals surface area contributed by atoms with Crippen molar-refractivity contribution in [3.63, 3.8) is 0 Å². The van der Waals surface area contributed by atoms with Crippen LogP contribution in [0.4, 0.5) is 10.3 Å². The highest BCUT2D eigenvalue weighted by Gasteiger charge is 2.09. The van der Waals surface area contributed by atoms with Crippen LogP contribution in [0, 0.1) is 5.82 Å². The van der Waals surface area contributed by atoms with E-state index in [1.165, 1.54) is 17.3 Å². The van der Waals surface area contributed by atoms with Gasteiger partial charge in [-0.1, -0.05) is 37.7 Å². The van der Waals surface area contributed by atoms with Gasteiger partial charge in [0.05, 0.1) is 6.20 Å². The van der Waals surface area contributed by atoms with Crippen LogP contribution in [0.25, 0.3) is 0 Å². The van der Waals surface area contributed by atoms with E-state index >= 15 is 0 Å². The van der Waals surface area contributed by atoms with Gasteiger partial charge in [-0.25, -0.2) is 20.2 Å². The molecule has 0 atom stereocenters. The third-order valence-corrected chi connectivity index (χ3v) is 3.59. The van der Waals surface area contributed by atoms with Crippen molar-refractivity contribution in [3.8, 4) is 0 Å². The molecule has 0 aliphatic carbocycles. The first-order valence-electron chi connectivity index (χ1n) is 5.87. The van der Waals surface area contributed by atoms with Gasteiger partial charge < -0.3 is 0 Å². The summed E-state index contributed by atoms with van der Waals surface area (Å²) < 4.78 is 13.6. The summed E-state index contributed by atoms with van der Waals surface area (Å²) in [7, 11) is 0. The number of nitrogens with zero attached hydrogens (tertiary/aromatic N) is 2. The minimum Gasteiger partial charge on any atom is -0.292 e. The highest BCUT2D eigenvalue weighted by Crippen LogP contribution is 2.29. The van der Waals surface area contributed by atoms with Crippen molar-refractivity contribution in [1.29, 1.82) is 0 Å². The second-order valence-electron chi connectivity index (χ2n) is 4.32. The van der Waals surface area contributed by atoms with Gasteiger partial charge in [0.15, 0.2) is 5.82 Å². The highest BCUT2D eigenvalue weighted by molar-refractivity contribution is 7.99. The maximum Gasteiger partial charge on any atom is 0.238 e. The monoisotopic (exact) mass is 278 g/mol. The maximum absolute atomic E-state index is 13.6. The van der Waals surface area contributed by atoms with E-state index in [-0.39, 0.29) is 11.0 Å². The van der Waals surface area contributed by atoms with Crippen molar-refractivity contribution >= 4 is 17.7 Å². The van der Waals surface area contributed by atoms with Crippen molar-refractivity contribution in [2.45, 2.75) is 29.7 Å². The summed E-state index contributed by atoms with van der Waals surface area (Å²) in [4.78, 5) is 8.61. The fourth-order valence-corrected chi connectivity index (χ4v) is 2.30. The van der Waals surface area contributed by atoms with Gasteiger partial charge in [-0.15, -0.1) is 0 Å². The number of nitrogens with one attached hydrogen (secondary N) is 1. The Labute approximate surface area is 115 Å². The van der Waals surface area contributed by atoms with E-state index in [1.54, 1.807) is 0 Å². The van der Waals surface area contributed by atoms with Gasteiger partial charge in [0.1, 0.15) is 5.03 Å². The van der Waals surface area contributed by atoms with E-state index in [2.05, 4.69) is 29.2 Å². The molecule has 0 aliphatic rings. The molecule has 0 fully saturated rings. The number of halogens is 1. The molecule has 0 saturated heterocycles. The number of anilines is 1. The van der Waals surface area contributed by atoms with Gasteiger partial charge in [0.25, 0.3) is 0 Å². The van der Waals surface area contributed by atoms with Crippen molar-refractivity contribution in [3.05, 3.63) is 41.8 Å². The number of hydrogen-bond donors (Lipinski definition) is 2. The number of rotatable bonds is 4. The Balaban J connectivity index is 2.20. The zero-order chi connectivity index (χ0) is 13.8. The summed E-state index contributed by atoms with van der Waals surface area (Å²) in [6.07, 6.45) is 1.10. The highest BCUT2D eigenvalue weighted by atomic mass is 32.2. The molecule has 0 aliphatic heterocycles. The molecule has 3 N–H and O–H groups in total. The summed E-state index contributed by atoms with van der Waals surface area (Å²) in [5.74, 6) is 5.42. The predicted molar refractivity (Wildman–Crippen MR) is 74.5 cm³/mol. The lowest BCUT2D eigenvalue weighted by atomic mass is 10.0. The Morgan fingerprint density at radius 3 is 2.53 bits per heavy atom. The van der Waals surface area contributed by atoms with Crippen LogP contribution < -0.4 is 11.3 Å². The maximum atomic E-state index is 13.6. The van der Waals surface area contributed by atoms with Crippen LogP contribution >= 0.6 is 11.8 Å². The summed E-state index contributed by atoms with van der Waals surface area (Å²) in [5, 5.41) is 0.250. The molecule has 0 unspecified atom stereocenters. The van der Waals surface area contributed by atoms with Crippen LogP contribution in [0.3, 0.4) is 0 Å². The second kappa shape index (κ2) is 5.99. The molecule has 0 saturated carbocycles. The van der Waals surface area contributed by atoms with E-state index in [4.69, 9.17) is 5.84 Å². The molecule has 19 heavy (non-hydrogen) atoms. The van der Waals surface area contributed by atoms with Crippen molar-refractivity contribution in [1.82, 2.24) is 9.97 Å². The summed E-state index contributed by atoms with van der Waals surface area (Å²) in [6, 6.07) is 7.98. The van der Waals surface area contributed by atoms with E-state index in [1.807, 2.05) is 24.3 Å². The lowest BCUT2D eigenvalue weighted by Gasteiger charge is -2.07. The van der Waals surface area contributed by atoms with Crippen molar-refractivity contribution < 1.29 is 4.39 Å². The van der Waals surface area contributed by atoms with Crippen LogP contribution in [0.15, 0.2) is 40.4 Å². The number of hydrazine groups is 1. The molecule has 0 bridgehead atoms. The lowest BCUT2D eigenvalue weighted by molar-refractivity contribution is 0.580. The van der Waals surface area contributed by atoms with Crippen LogP contribution in [0.2, 0.25) is 0 Å². The molecule has 1 aromatic heterocycles. The van der Waals surface area contributed by atoms with E-state index in [9.17, 15) is 4.39 Å². The quantitative estimate of drug-likeness (QED) is 0.511. The van der Waals surface area contributed by atoms with Crippen molar-refractivity contribution in [2.75, 3.05) is 5.43 Å².